The Labute approximate surface area is 129 Å². The predicted octanol–water partition coefficient (Wildman–Crippen LogP) is 2.81. The highest BCUT2D eigenvalue weighted by atomic mass is 127. The molecule has 0 unspecified atom stereocenters. The van der Waals surface area contributed by atoms with Gasteiger partial charge in [-0.25, -0.2) is 9.98 Å². The zero-order chi connectivity index (χ0) is 12.1. The van der Waals surface area contributed by atoms with E-state index < -0.39 is 0 Å². The number of nitrogens with zero attached hydrogens (tertiary/aromatic N) is 2. The molecule has 1 aromatic rings. The van der Waals surface area contributed by atoms with E-state index >= 15 is 0 Å². The maximum Gasteiger partial charge on any atom is 0.189 e. The summed E-state index contributed by atoms with van der Waals surface area (Å²) in [4.78, 5) is 8.69. The number of aromatic nitrogens is 1. The summed E-state index contributed by atoms with van der Waals surface area (Å²) in [6.45, 7) is 2.58. The number of guanidine groups is 1. The van der Waals surface area contributed by atoms with Crippen LogP contribution in [0.5, 0.6) is 0 Å². The van der Waals surface area contributed by atoms with Crippen LogP contribution in [0.15, 0.2) is 10.4 Å². The largest absolute Gasteiger partial charge is 0.370 e. The van der Waals surface area contributed by atoms with E-state index in [1.165, 1.54) is 32.1 Å². The van der Waals surface area contributed by atoms with Gasteiger partial charge in [0.2, 0.25) is 0 Å². The fourth-order valence-corrected chi connectivity index (χ4v) is 2.82. The Kier molecular flexibility index (Phi) is 6.91. The number of aliphatic imine (C=N–C) groups is 1. The zero-order valence-electron chi connectivity index (χ0n) is 10.7. The predicted molar refractivity (Wildman–Crippen MR) is 87.6 cm³/mol. The lowest BCUT2D eigenvalue weighted by Crippen LogP contribution is -2.41. The van der Waals surface area contributed by atoms with Crippen LogP contribution in [0.4, 0.5) is 0 Å². The van der Waals surface area contributed by atoms with Gasteiger partial charge >= 0.3 is 0 Å². The van der Waals surface area contributed by atoms with Gasteiger partial charge in [-0.05, 0) is 19.8 Å². The first-order valence-electron chi connectivity index (χ1n) is 6.21. The molecular weight excluding hydrogens is 359 g/mol. The SMILES string of the molecule is Cc1csc(CN=C(N)NC2CCCCC2)n1.I. The van der Waals surface area contributed by atoms with Crippen LogP contribution in [0.3, 0.4) is 0 Å². The smallest absolute Gasteiger partial charge is 0.189 e. The van der Waals surface area contributed by atoms with Gasteiger partial charge in [0.25, 0.3) is 0 Å². The molecule has 1 aliphatic carbocycles. The van der Waals surface area contributed by atoms with Gasteiger partial charge in [-0.15, -0.1) is 35.3 Å². The summed E-state index contributed by atoms with van der Waals surface area (Å²) in [6, 6.07) is 0.519. The number of aryl methyl sites for hydroxylation is 1. The third-order valence-corrected chi connectivity index (χ3v) is 3.96. The summed E-state index contributed by atoms with van der Waals surface area (Å²) in [5, 5.41) is 6.36. The van der Waals surface area contributed by atoms with Crippen molar-refractivity contribution in [3.63, 3.8) is 0 Å². The molecule has 3 N–H and O–H groups in total. The van der Waals surface area contributed by atoms with Crippen molar-refractivity contribution in [1.82, 2.24) is 10.3 Å². The molecule has 102 valence electrons. The van der Waals surface area contributed by atoms with Crippen molar-refractivity contribution in [2.75, 3.05) is 0 Å². The molecule has 0 spiro atoms. The van der Waals surface area contributed by atoms with Crippen LogP contribution in [0.2, 0.25) is 0 Å². The molecule has 18 heavy (non-hydrogen) atoms. The summed E-state index contributed by atoms with van der Waals surface area (Å²) in [5.41, 5.74) is 6.93. The summed E-state index contributed by atoms with van der Waals surface area (Å²) >= 11 is 1.64. The van der Waals surface area contributed by atoms with Crippen LogP contribution < -0.4 is 11.1 Å². The second-order valence-corrected chi connectivity index (χ2v) is 5.51. The van der Waals surface area contributed by atoms with Crippen LogP contribution in [0.1, 0.15) is 42.8 Å². The van der Waals surface area contributed by atoms with Crippen molar-refractivity contribution in [3.05, 3.63) is 16.1 Å². The van der Waals surface area contributed by atoms with Gasteiger partial charge in [-0.2, -0.15) is 0 Å². The molecule has 0 amide bonds. The molecule has 1 heterocycles. The van der Waals surface area contributed by atoms with Gasteiger partial charge in [-0.3, -0.25) is 0 Å². The molecule has 0 aliphatic heterocycles. The van der Waals surface area contributed by atoms with E-state index in [0.717, 1.165) is 10.7 Å². The first kappa shape index (κ1) is 15.7. The highest BCUT2D eigenvalue weighted by Gasteiger charge is 2.13. The summed E-state index contributed by atoms with van der Waals surface area (Å²) in [7, 11) is 0. The molecule has 1 aliphatic rings. The fraction of sp³-hybridized carbons (Fsp3) is 0.667. The van der Waals surface area contributed by atoms with E-state index in [9.17, 15) is 0 Å². The van der Waals surface area contributed by atoms with Gasteiger partial charge in [0.1, 0.15) is 5.01 Å². The van der Waals surface area contributed by atoms with E-state index in [1.807, 2.05) is 12.3 Å². The molecule has 1 fully saturated rings. The van der Waals surface area contributed by atoms with E-state index in [0.29, 0.717) is 18.5 Å². The minimum atomic E-state index is 0. The highest BCUT2D eigenvalue weighted by molar-refractivity contribution is 14.0. The molecule has 0 bridgehead atoms. The Morgan fingerprint density at radius 1 is 1.50 bits per heavy atom. The van der Waals surface area contributed by atoms with E-state index in [4.69, 9.17) is 5.73 Å². The molecule has 1 saturated carbocycles. The molecule has 0 aromatic carbocycles. The van der Waals surface area contributed by atoms with E-state index in [1.54, 1.807) is 11.3 Å². The molecular formula is C12H21IN4S. The number of thiazole rings is 1. The molecule has 6 heteroatoms. The van der Waals surface area contributed by atoms with Crippen LogP contribution in [0.25, 0.3) is 0 Å². The highest BCUT2D eigenvalue weighted by Crippen LogP contribution is 2.17. The van der Waals surface area contributed by atoms with E-state index in [2.05, 4.69) is 15.3 Å². The van der Waals surface area contributed by atoms with Gasteiger partial charge < -0.3 is 11.1 Å². The summed E-state index contributed by atoms with van der Waals surface area (Å²) in [6.07, 6.45) is 6.39. The normalized spacial score (nSPS) is 17.3. The van der Waals surface area contributed by atoms with Crippen molar-refractivity contribution >= 4 is 41.3 Å². The number of nitrogens with two attached hydrogens (primary N) is 1. The first-order valence-corrected chi connectivity index (χ1v) is 7.09. The second-order valence-electron chi connectivity index (χ2n) is 4.56. The molecule has 4 nitrogen and oxygen atoms in total. The van der Waals surface area contributed by atoms with Crippen LogP contribution in [-0.4, -0.2) is 17.0 Å². The Hall–Kier alpha value is -0.370. The number of nitrogens with one attached hydrogen (secondary N) is 1. The summed E-state index contributed by atoms with van der Waals surface area (Å²) < 4.78 is 0. The minimum Gasteiger partial charge on any atom is -0.370 e. The fourth-order valence-electron chi connectivity index (χ4n) is 2.13. The lowest BCUT2D eigenvalue weighted by Gasteiger charge is -2.23. The van der Waals surface area contributed by atoms with Crippen molar-refractivity contribution in [1.29, 1.82) is 0 Å². The minimum absolute atomic E-state index is 0. The van der Waals surface area contributed by atoms with Gasteiger partial charge in [0.05, 0.1) is 6.54 Å². The lowest BCUT2D eigenvalue weighted by atomic mass is 9.96. The van der Waals surface area contributed by atoms with Gasteiger partial charge in [0, 0.05) is 17.1 Å². The van der Waals surface area contributed by atoms with Gasteiger partial charge in [0.15, 0.2) is 5.96 Å². The second kappa shape index (κ2) is 7.93. The standard InChI is InChI=1S/C12H20N4S.HI/c1-9-8-17-11(15-9)7-14-12(13)16-10-5-3-2-4-6-10;/h8,10H,2-7H2,1H3,(H3,13,14,16);1H. The monoisotopic (exact) mass is 380 g/mol. The van der Waals surface area contributed by atoms with Crippen LogP contribution in [0, 0.1) is 6.92 Å². The maximum atomic E-state index is 5.87. The molecule has 0 atom stereocenters. The van der Waals surface area contributed by atoms with Crippen molar-refractivity contribution in [3.8, 4) is 0 Å². The Morgan fingerprint density at radius 2 is 2.22 bits per heavy atom. The number of rotatable bonds is 3. The van der Waals surface area contributed by atoms with Crippen molar-refractivity contribution in [2.45, 2.75) is 51.6 Å². The molecule has 0 radical (unpaired) electrons. The number of halogens is 1. The topological polar surface area (TPSA) is 63.3 Å². The van der Waals surface area contributed by atoms with Gasteiger partial charge in [-0.1, -0.05) is 19.3 Å². The summed E-state index contributed by atoms with van der Waals surface area (Å²) in [5.74, 6) is 0.560. The quantitative estimate of drug-likeness (QED) is 0.482. The van der Waals surface area contributed by atoms with Crippen molar-refractivity contribution in [2.24, 2.45) is 10.7 Å². The number of hydrogen-bond donors (Lipinski definition) is 2. The molecule has 0 saturated heterocycles. The van der Waals surface area contributed by atoms with E-state index in [-0.39, 0.29) is 24.0 Å². The first-order chi connectivity index (χ1) is 8.24. The Balaban J connectivity index is 0.00000162. The van der Waals surface area contributed by atoms with Crippen molar-refractivity contribution < 1.29 is 0 Å². The molecule has 2 rings (SSSR count). The van der Waals surface area contributed by atoms with Crippen LogP contribution in [-0.2, 0) is 6.54 Å². The average Bonchev–Trinajstić information content (AvgIpc) is 2.74. The third-order valence-electron chi connectivity index (χ3n) is 3.01. The molecule has 1 aromatic heterocycles. The number of hydrogen-bond acceptors (Lipinski definition) is 3. The Bertz CT molecular complexity index is 385. The van der Waals surface area contributed by atoms with Crippen LogP contribution >= 0.6 is 35.3 Å². The maximum absolute atomic E-state index is 5.87. The zero-order valence-corrected chi connectivity index (χ0v) is 13.8. The average molecular weight is 380 g/mol. The Morgan fingerprint density at radius 3 is 2.83 bits per heavy atom. The third kappa shape index (κ3) is 5.09. The lowest BCUT2D eigenvalue weighted by molar-refractivity contribution is 0.412.